The summed E-state index contributed by atoms with van der Waals surface area (Å²) >= 11 is 0. The molecule has 6 nitrogen and oxygen atoms in total. The summed E-state index contributed by atoms with van der Waals surface area (Å²) in [6.07, 6.45) is 6.06. The van der Waals surface area contributed by atoms with Crippen molar-refractivity contribution in [3.8, 4) is 5.75 Å². The van der Waals surface area contributed by atoms with Crippen LogP contribution in [0.3, 0.4) is 0 Å². The van der Waals surface area contributed by atoms with Crippen LogP contribution in [0.5, 0.6) is 5.75 Å². The molecule has 2 aromatic rings. The van der Waals surface area contributed by atoms with Crippen LogP contribution in [0.4, 0.5) is 0 Å². The lowest BCUT2D eigenvalue weighted by Gasteiger charge is -2.50. The van der Waals surface area contributed by atoms with Gasteiger partial charge in [0.2, 0.25) is 10.0 Å². The summed E-state index contributed by atoms with van der Waals surface area (Å²) < 4.78 is 34.8. The Morgan fingerprint density at radius 2 is 1.91 bits per heavy atom. The van der Waals surface area contributed by atoms with Crippen LogP contribution in [0.1, 0.15) is 66.4 Å². The second-order valence-corrected chi connectivity index (χ2v) is 11.6. The molecule has 0 radical (unpaired) electrons. The highest BCUT2D eigenvalue weighted by Crippen LogP contribution is 2.61. The number of carbonyl (C=O) groups is 1. The van der Waals surface area contributed by atoms with Gasteiger partial charge in [0.15, 0.2) is 0 Å². The molecule has 5 atom stereocenters. The smallest absolute Gasteiger partial charge is 0.338 e. The molecular formula is C26H31NO5S. The summed E-state index contributed by atoms with van der Waals surface area (Å²) in [6, 6.07) is 12.3. The maximum atomic E-state index is 12.9. The van der Waals surface area contributed by atoms with Crippen molar-refractivity contribution in [1.29, 1.82) is 0 Å². The van der Waals surface area contributed by atoms with E-state index >= 15 is 0 Å². The van der Waals surface area contributed by atoms with Gasteiger partial charge in [0.05, 0.1) is 17.6 Å². The monoisotopic (exact) mass is 469 g/mol. The van der Waals surface area contributed by atoms with Crippen LogP contribution in [0.25, 0.3) is 0 Å². The van der Waals surface area contributed by atoms with Gasteiger partial charge in [-0.25, -0.2) is 18.4 Å². The van der Waals surface area contributed by atoms with Crippen LogP contribution < -0.4 is 9.88 Å². The van der Waals surface area contributed by atoms with Crippen molar-refractivity contribution < 1.29 is 22.7 Å². The van der Waals surface area contributed by atoms with Crippen molar-refractivity contribution in [3.63, 3.8) is 0 Å². The minimum absolute atomic E-state index is 0.0572. The Labute approximate surface area is 195 Å². The zero-order chi connectivity index (χ0) is 23.4. The highest BCUT2D eigenvalue weighted by molar-refractivity contribution is 7.89. The van der Waals surface area contributed by atoms with E-state index in [1.54, 1.807) is 13.2 Å². The van der Waals surface area contributed by atoms with Gasteiger partial charge >= 0.3 is 5.97 Å². The molecule has 3 aliphatic carbocycles. The fraction of sp³-hybridized carbons (Fsp3) is 0.500. The number of rotatable bonds is 4. The molecule has 176 valence electrons. The van der Waals surface area contributed by atoms with Gasteiger partial charge in [0.1, 0.15) is 11.9 Å². The van der Waals surface area contributed by atoms with Gasteiger partial charge in [-0.15, -0.1) is 0 Å². The normalized spacial score (nSPS) is 30.6. The third-order valence-corrected chi connectivity index (χ3v) is 9.41. The minimum atomic E-state index is -3.88. The maximum Gasteiger partial charge on any atom is 0.338 e. The number of hydrogen-bond donors (Lipinski definition) is 1. The summed E-state index contributed by atoms with van der Waals surface area (Å²) in [7, 11) is -2.16. The summed E-state index contributed by atoms with van der Waals surface area (Å²) in [5, 5.41) is 5.22. The highest BCUT2D eigenvalue weighted by atomic mass is 32.2. The number of aryl methyl sites for hydroxylation is 1. The molecule has 0 aliphatic heterocycles. The molecule has 0 saturated heterocycles. The molecule has 0 amide bonds. The topological polar surface area (TPSA) is 95.7 Å². The number of benzene rings is 2. The van der Waals surface area contributed by atoms with Crippen LogP contribution in [0.15, 0.2) is 47.4 Å². The van der Waals surface area contributed by atoms with Crippen molar-refractivity contribution in [2.24, 2.45) is 22.4 Å². The van der Waals surface area contributed by atoms with Crippen molar-refractivity contribution in [1.82, 2.24) is 0 Å². The van der Waals surface area contributed by atoms with E-state index in [9.17, 15) is 13.2 Å². The van der Waals surface area contributed by atoms with Gasteiger partial charge in [0.25, 0.3) is 0 Å². The molecule has 0 heterocycles. The number of ether oxygens (including phenoxy) is 2. The van der Waals surface area contributed by atoms with E-state index < -0.39 is 16.0 Å². The first-order valence-electron chi connectivity index (χ1n) is 11.7. The Balaban J connectivity index is 1.35. The molecule has 2 fully saturated rings. The number of nitrogens with two attached hydrogens (primary N) is 1. The molecule has 5 rings (SSSR count). The standard InChI is InChI=1S/C26H31NO5S/c1-26-13-12-21-20-9-7-18(31-2)14-16(20)6-8-22(21)23(26)10-11-24(26)32-25(28)17-4-3-5-19(15-17)33(27,29)30/h3-5,7,9,14-15,21-24H,6,8,10-13H2,1-2H3,(H2,27,29,30)/t21?,22?,23?,24-,26-/m0/s1. The second kappa shape index (κ2) is 8.13. The number of carbonyl (C=O) groups excluding carboxylic acids is 1. The molecule has 2 aromatic carbocycles. The van der Waals surface area contributed by atoms with E-state index in [-0.39, 0.29) is 22.0 Å². The van der Waals surface area contributed by atoms with E-state index in [0.29, 0.717) is 17.8 Å². The van der Waals surface area contributed by atoms with Crippen LogP contribution in [-0.2, 0) is 21.2 Å². The van der Waals surface area contributed by atoms with Crippen molar-refractivity contribution in [2.45, 2.75) is 62.4 Å². The molecule has 3 unspecified atom stereocenters. The van der Waals surface area contributed by atoms with Crippen LogP contribution >= 0.6 is 0 Å². The summed E-state index contributed by atoms with van der Waals surface area (Å²) in [4.78, 5) is 12.9. The second-order valence-electron chi connectivity index (χ2n) is 10.1. The van der Waals surface area contributed by atoms with Crippen molar-refractivity contribution >= 4 is 16.0 Å². The zero-order valence-corrected chi connectivity index (χ0v) is 19.9. The summed E-state index contributed by atoms with van der Waals surface area (Å²) in [5.74, 6) is 2.11. The van der Waals surface area contributed by atoms with E-state index in [2.05, 4.69) is 25.1 Å². The molecule has 0 spiro atoms. The van der Waals surface area contributed by atoms with Gasteiger partial charge in [-0.2, -0.15) is 0 Å². The largest absolute Gasteiger partial charge is 0.497 e. The zero-order valence-electron chi connectivity index (χ0n) is 19.1. The first-order valence-corrected chi connectivity index (χ1v) is 13.3. The number of fused-ring (bicyclic) bond motifs is 5. The number of esters is 1. The molecule has 3 aliphatic rings. The Bertz CT molecular complexity index is 1190. The first-order chi connectivity index (χ1) is 15.7. The first kappa shape index (κ1) is 22.4. The predicted molar refractivity (Wildman–Crippen MR) is 125 cm³/mol. The lowest BCUT2D eigenvalue weighted by Crippen LogP contribution is -2.45. The Morgan fingerprint density at radius 1 is 1.09 bits per heavy atom. The van der Waals surface area contributed by atoms with Gasteiger partial charge in [-0.3, -0.25) is 0 Å². The fourth-order valence-corrected chi connectivity index (χ4v) is 7.39. The molecule has 7 heteroatoms. The molecule has 2 N–H and O–H groups in total. The number of hydrogen-bond acceptors (Lipinski definition) is 5. The third-order valence-electron chi connectivity index (χ3n) is 8.49. The predicted octanol–water partition coefficient (Wildman–Crippen LogP) is 4.42. The molecule has 0 bridgehead atoms. The van der Waals surface area contributed by atoms with E-state index in [0.717, 1.165) is 44.3 Å². The summed E-state index contributed by atoms with van der Waals surface area (Å²) in [5.41, 5.74) is 3.05. The van der Waals surface area contributed by atoms with Crippen LogP contribution in [-0.4, -0.2) is 27.6 Å². The average molecular weight is 470 g/mol. The molecule has 0 aromatic heterocycles. The molecular weight excluding hydrogens is 438 g/mol. The quantitative estimate of drug-likeness (QED) is 0.669. The molecule has 2 saturated carbocycles. The lowest BCUT2D eigenvalue weighted by atomic mass is 9.55. The number of primary sulfonamides is 1. The highest BCUT2D eigenvalue weighted by Gasteiger charge is 2.56. The summed E-state index contributed by atoms with van der Waals surface area (Å²) in [6.45, 7) is 2.28. The Morgan fingerprint density at radius 3 is 2.67 bits per heavy atom. The van der Waals surface area contributed by atoms with E-state index in [1.165, 1.54) is 29.3 Å². The Hall–Kier alpha value is -2.38. The minimum Gasteiger partial charge on any atom is -0.497 e. The SMILES string of the molecule is COc1ccc2c(c1)CCC1C2CC[C@@]2(C)C1CC[C@@H]2OC(=O)c1cccc(S(N)(=O)=O)c1. The van der Waals surface area contributed by atoms with Gasteiger partial charge < -0.3 is 9.47 Å². The van der Waals surface area contributed by atoms with Crippen molar-refractivity contribution in [2.75, 3.05) is 7.11 Å². The lowest BCUT2D eigenvalue weighted by molar-refractivity contribution is -0.0428. The average Bonchev–Trinajstić information content (AvgIpc) is 3.14. The van der Waals surface area contributed by atoms with Crippen LogP contribution in [0.2, 0.25) is 0 Å². The van der Waals surface area contributed by atoms with Crippen molar-refractivity contribution in [3.05, 3.63) is 59.2 Å². The van der Waals surface area contributed by atoms with E-state index in [1.807, 2.05) is 0 Å². The van der Waals surface area contributed by atoms with Crippen LogP contribution in [0, 0.1) is 17.3 Å². The van der Waals surface area contributed by atoms with Gasteiger partial charge in [-0.1, -0.05) is 19.1 Å². The van der Waals surface area contributed by atoms with E-state index in [4.69, 9.17) is 14.6 Å². The van der Waals surface area contributed by atoms with Gasteiger partial charge in [-0.05, 0) is 97.7 Å². The maximum absolute atomic E-state index is 12.9. The number of sulfonamides is 1. The fourth-order valence-electron chi connectivity index (χ4n) is 6.83. The Kier molecular flexibility index (Phi) is 5.52. The number of methoxy groups -OCH3 is 1. The van der Waals surface area contributed by atoms with Gasteiger partial charge in [0, 0.05) is 5.41 Å². The third kappa shape index (κ3) is 3.85. The molecule has 33 heavy (non-hydrogen) atoms.